The van der Waals surface area contributed by atoms with Crippen LogP contribution in [-0.2, 0) is 4.79 Å². The van der Waals surface area contributed by atoms with E-state index in [1.165, 1.54) is 5.56 Å². The minimum atomic E-state index is 0. The number of halogens is 1. The standard InChI is InChI=1S/C15H23N3O.ClH/c1-11(2)13-5-3-4-6-14(13)17-15(19)10-18-8-7-12(16)9-18;/h3-6,11-12H,7-10,16H2,1-2H3,(H,17,19);1H. The zero-order chi connectivity index (χ0) is 13.8. The summed E-state index contributed by atoms with van der Waals surface area (Å²) < 4.78 is 0. The van der Waals surface area contributed by atoms with Crippen LogP contribution in [0.3, 0.4) is 0 Å². The maximum Gasteiger partial charge on any atom is 0.238 e. The van der Waals surface area contributed by atoms with Gasteiger partial charge in [0.05, 0.1) is 6.54 Å². The molecule has 1 heterocycles. The van der Waals surface area contributed by atoms with Gasteiger partial charge in [0, 0.05) is 24.8 Å². The van der Waals surface area contributed by atoms with Crippen molar-refractivity contribution in [1.82, 2.24) is 4.90 Å². The lowest BCUT2D eigenvalue weighted by Gasteiger charge is -2.17. The van der Waals surface area contributed by atoms with Gasteiger partial charge in [-0.2, -0.15) is 0 Å². The van der Waals surface area contributed by atoms with Gasteiger partial charge in [-0.25, -0.2) is 0 Å². The second kappa shape index (κ2) is 7.62. The first kappa shape index (κ1) is 17.0. The van der Waals surface area contributed by atoms with Crippen molar-refractivity contribution in [1.29, 1.82) is 0 Å². The van der Waals surface area contributed by atoms with E-state index in [4.69, 9.17) is 5.73 Å². The summed E-state index contributed by atoms with van der Waals surface area (Å²) in [6.07, 6.45) is 0.982. The minimum Gasteiger partial charge on any atom is -0.326 e. The van der Waals surface area contributed by atoms with Crippen molar-refractivity contribution in [3.05, 3.63) is 29.8 Å². The van der Waals surface area contributed by atoms with E-state index in [2.05, 4.69) is 30.1 Å². The molecule has 20 heavy (non-hydrogen) atoms. The molecule has 1 aliphatic heterocycles. The van der Waals surface area contributed by atoms with E-state index in [9.17, 15) is 4.79 Å². The number of likely N-dealkylation sites (tertiary alicyclic amines) is 1. The molecule has 0 aromatic heterocycles. The predicted molar refractivity (Wildman–Crippen MR) is 85.4 cm³/mol. The van der Waals surface area contributed by atoms with Gasteiger partial charge in [-0.05, 0) is 24.0 Å². The summed E-state index contributed by atoms with van der Waals surface area (Å²) in [4.78, 5) is 14.2. The lowest BCUT2D eigenvalue weighted by molar-refractivity contribution is -0.117. The largest absolute Gasteiger partial charge is 0.326 e. The molecule has 0 saturated carbocycles. The molecule has 1 aliphatic rings. The average Bonchev–Trinajstić information content (AvgIpc) is 2.75. The highest BCUT2D eigenvalue weighted by Crippen LogP contribution is 2.23. The first-order chi connectivity index (χ1) is 9.06. The number of para-hydroxylation sites is 1. The molecule has 0 aliphatic carbocycles. The Balaban J connectivity index is 0.00000200. The van der Waals surface area contributed by atoms with Crippen LogP contribution in [0.4, 0.5) is 5.69 Å². The number of carbonyl (C=O) groups excluding carboxylic acids is 1. The van der Waals surface area contributed by atoms with Gasteiger partial charge < -0.3 is 11.1 Å². The van der Waals surface area contributed by atoms with Gasteiger partial charge in [0.1, 0.15) is 0 Å². The highest BCUT2D eigenvalue weighted by Gasteiger charge is 2.21. The molecule has 1 fully saturated rings. The molecule has 0 bridgehead atoms. The summed E-state index contributed by atoms with van der Waals surface area (Å²) >= 11 is 0. The highest BCUT2D eigenvalue weighted by atomic mass is 35.5. The van der Waals surface area contributed by atoms with E-state index >= 15 is 0 Å². The monoisotopic (exact) mass is 297 g/mol. The van der Waals surface area contributed by atoms with Gasteiger partial charge >= 0.3 is 0 Å². The van der Waals surface area contributed by atoms with E-state index < -0.39 is 0 Å². The number of nitrogens with two attached hydrogens (primary N) is 1. The van der Waals surface area contributed by atoms with Crippen molar-refractivity contribution < 1.29 is 4.79 Å². The minimum absolute atomic E-state index is 0. The average molecular weight is 298 g/mol. The third-order valence-electron chi connectivity index (χ3n) is 3.53. The number of nitrogens with zero attached hydrogens (tertiary/aromatic N) is 1. The lowest BCUT2D eigenvalue weighted by atomic mass is 10.0. The number of anilines is 1. The zero-order valence-corrected chi connectivity index (χ0v) is 13.0. The summed E-state index contributed by atoms with van der Waals surface area (Å²) in [5, 5.41) is 3.01. The molecule has 0 radical (unpaired) electrons. The number of amides is 1. The molecule has 2 rings (SSSR count). The number of benzene rings is 1. The molecular weight excluding hydrogens is 274 g/mol. The quantitative estimate of drug-likeness (QED) is 0.896. The number of hydrogen-bond donors (Lipinski definition) is 2. The van der Waals surface area contributed by atoms with Gasteiger partial charge in [0.2, 0.25) is 5.91 Å². The lowest BCUT2D eigenvalue weighted by Crippen LogP contribution is -2.33. The third kappa shape index (κ3) is 4.47. The molecule has 1 saturated heterocycles. The summed E-state index contributed by atoms with van der Waals surface area (Å²) in [6, 6.07) is 8.20. The summed E-state index contributed by atoms with van der Waals surface area (Å²) in [7, 11) is 0. The fourth-order valence-corrected chi connectivity index (χ4v) is 2.51. The fourth-order valence-electron chi connectivity index (χ4n) is 2.51. The van der Waals surface area contributed by atoms with E-state index in [1.807, 2.05) is 18.2 Å². The third-order valence-corrected chi connectivity index (χ3v) is 3.53. The molecule has 3 N–H and O–H groups in total. The van der Waals surface area contributed by atoms with Crippen LogP contribution in [0.5, 0.6) is 0 Å². The van der Waals surface area contributed by atoms with Crippen LogP contribution >= 0.6 is 12.4 Å². The summed E-state index contributed by atoms with van der Waals surface area (Å²) in [6.45, 7) is 6.43. The topological polar surface area (TPSA) is 58.4 Å². The Bertz CT molecular complexity index is 450. The Kier molecular flexibility index (Phi) is 6.46. The molecular formula is C15H24ClN3O. The van der Waals surface area contributed by atoms with Gasteiger partial charge in [-0.3, -0.25) is 9.69 Å². The van der Waals surface area contributed by atoms with Gasteiger partial charge in [0.25, 0.3) is 0 Å². The number of rotatable bonds is 4. The molecule has 1 atom stereocenters. The molecule has 4 nitrogen and oxygen atoms in total. The number of nitrogens with one attached hydrogen (secondary N) is 1. The summed E-state index contributed by atoms with van der Waals surface area (Å²) in [5.41, 5.74) is 7.94. The van der Waals surface area contributed by atoms with Crippen molar-refractivity contribution >= 4 is 24.0 Å². The van der Waals surface area contributed by atoms with E-state index in [0.717, 1.165) is 25.2 Å². The fraction of sp³-hybridized carbons (Fsp3) is 0.533. The molecule has 1 amide bonds. The first-order valence-corrected chi connectivity index (χ1v) is 6.93. The van der Waals surface area contributed by atoms with Crippen molar-refractivity contribution in [2.75, 3.05) is 25.0 Å². The van der Waals surface area contributed by atoms with Crippen LogP contribution in [0, 0.1) is 0 Å². The Hall–Kier alpha value is -1.10. The maximum absolute atomic E-state index is 12.1. The maximum atomic E-state index is 12.1. The van der Waals surface area contributed by atoms with Crippen LogP contribution in [0.1, 0.15) is 31.7 Å². The SMILES string of the molecule is CC(C)c1ccccc1NC(=O)CN1CCC(N)C1.Cl. The Labute approximate surface area is 127 Å². The zero-order valence-electron chi connectivity index (χ0n) is 12.1. The smallest absolute Gasteiger partial charge is 0.238 e. The van der Waals surface area contributed by atoms with Gasteiger partial charge in [0.15, 0.2) is 0 Å². The van der Waals surface area contributed by atoms with Gasteiger partial charge in [-0.15, -0.1) is 12.4 Å². The second-order valence-corrected chi connectivity index (χ2v) is 5.57. The van der Waals surface area contributed by atoms with Crippen LogP contribution in [0.2, 0.25) is 0 Å². The number of hydrogen-bond acceptors (Lipinski definition) is 3. The van der Waals surface area contributed by atoms with E-state index in [1.54, 1.807) is 0 Å². The molecule has 1 unspecified atom stereocenters. The van der Waals surface area contributed by atoms with Crippen LogP contribution in [0.25, 0.3) is 0 Å². The van der Waals surface area contributed by atoms with Crippen molar-refractivity contribution in [2.24, 2.45) is 5.73 Å². The summed E-state index contributed by atoms with van der Waals surface area (Å²) in [5.74, 6) is 0.443. The van der Waals surface area contributed by atoms with Crippen molar-refractivity contribution in [3.8, 4) is 0 Å². The Morgan fingerprint density at radius 1 is 1.45 bits per heavy atom. The predicted octanol–water partition coefficient (Wildman–Crippen LogP) is 2.20. The van der Waals surface area contributed by atoms with Crippen LogP contribution in [-0.4, -0.2) is 36.5 Å². The normalized spacial score (nSPS) is 18.9. The van der Waals surface area contributed by atoms with E-state index in [0.29, 0.717) is 12.5 Å². The first-order valence-electron chi connectivity index (χ1n) is 6.93. The Morgan fingerprint density at radius 3 is 2.75 bits per heavy atom. The Morgan fingerprint density at radius 2 is 2.15 bits per heavy atom. The molecule has 1 aromatic rings. The van der Waals surface area contributed by atoms with Crippen molar-refractivity contribution in [3.63, 3.8) is 0 Å². The van der Waals surface area contributed by atoms with Crippen LogP contribution in [0.15, 0.2) is 24.3 Å². The molecule has 5 heteroatoms. The molecule has 1 aromatic carbocycles. The van der Waals surface area contributed by atoms with Gasteiger partial charge in [-0.1, -0.05) is 32.0 Å². The van der Waals surface area contributed by atoms with Crippen LogP contribution < -0.4 is 11.1 Å². The molecule has 0 spiro atoms. The van der Waals surface area contributed by atoms with Crippen molar-refractivity contribution in [2.45, 2.75) is 32.2 Å². The highest BCUT2D eigenvalue weighted by molar-refractivity contribution is 5.93. The van der Waals surface area contributed by atoms with E-state index in [-0.39, 0.29) is 24.4 Å². The number of carbonyl (C=O) groups is 1. The second-order valence-electron chi connectivity index (χ2n) is 5.57. The molecule has 112 valence electrons.